The van der Waals surface area contributed by atoms with Gasteiger partial charge in [-0.15, -0.1) is 13.2 Å². The van der Waals surface area contributed by atoms with E-state index in [2.05, 4.69) is 18.5 Å². The summed E-state index contributed by atoms with van der Waals surface area (Å²) in [6.07, 6.45) is 3.42. The van der Waals surface area contributed by atoms with Crippen LogP contribution in [-0.4, -0.2) is 98.0 Å². The Morgan fingerprint density at radius 1 is 1.12 bits per heavy atom. The zero-order valence-electron chi connectivity index (χ0n) is 28.7. The average molecular weight is 690 g/mol. The second kappa shape index (κ2) is 16.5. The Morgan fingerprint density at radius 2 is 1.86 bits per heavy atom. The van der Waals surface area contributed by atoms with Crippen LogP contribution in [0.5, 0.6) is 5.75 Å². The number of amides is 3. The van der Waals surface area contributed by atoms with Crippen molar-refractivity contribution in [1.82, 2.24) is 10.2 Å². The normalized spacial score (nSPS) is 24.6. The number of aliphatic hydroxyl groups excluding tert-OH is 1. The minimum absolute atomic E-state index is 0.0551. The molecule has 3 heterocycles. The lowest BCUT2D eigenvalue weighted by atomic mass is 9.70. The maximum Gasteiger partial charge on any atom is 0.313 e. The minimum atomic E-state index is -1.28. The van der Waals surface area contributed by atoms with Gasteiger partial charge in [0.15, 0.2) is 0 Å². The van der Waals surface area contributed by atoms with E-state index in [1.807, 2.05) is 18.2 Å². The summed E-state index contributed by atoms with van der Waals surface area (Å²) in [5.74, 6) is -3.03. The molecular formula is C38H47N3O9. The first-order valence-electron chi connectivity index (χ1n) is 17.0. The fourth-order valence-electron chi connectivity index (χ4n) is 7.67. The molecule has 2 bridgehead atoms. The zero-order chi connectivity index (χ0) is 35.8. The van der Waals surface area contributed by atoms with Gasteiger partial charge in [0.05, 0.1) is 37.7 Å². The molecule has 0 aromatic heterocycles. The van der Waals surface area contributed by atoms with E-state index in [0.29, 0.717) is 36.3 Å². The number of aliphatic hydroxyl groups is 1. The van der Waals surface area contributed by atoms with Crippen LogP contribution in [0.1, 0.15) is 43.8 Å². The van der Waals surface area contributed by atoms with E-state index in [9.17, 15) is 24.3 Å². The number of carbonyl (C=O) groups excluding carboxylic acids is 4. The number of methoxy groups -OCH3 is 2. The summed E-state index contributed by atoms with van der Waals surface area (Å²) in [5, 5.41) is 12.7. The number of hydrogen-bond acceptors (Lipinski definition) is 9. The zero-order valence-corrected chi connectivity index (χ0v) is 28.7. The number of fused-ring (bicyclic) bond motifs is 1. The average Bonchev–Trinajstić information content (AvgIpc) is 3.78. The summed E-state index contributed by atoms with van der Waals surface area (Å²) in [7, 11) is 3.05. The summed E-state index contributed by atoms with van der Waals surface area (Å²) < 4.78 is 23.6. The largest absolute Gasteiger partial charge is 0.497 e. The third kappa shape index (κ3) is 7.19. The summed E-state index contributed by atoms with van der Waals surface area (Å²) in [6.45, 7) is 7.66. The summed E-state index contributed by atoms with van der Waals surface area (Å²) in [6, 6.07) is 14.3. The summed E-state index contributed by atoms with van der Waals surface area (Å²) in [5.41, 5.74) is -0.0593. The number of nitrogens with zero attached hydrogens (tertiary/aromatic N) is 2. The molecule has 0 aliphatic carbocycles. The van der Waals surface area contributed by atoms with E-state index in [0.717, 1.165) is 0 Å². The van der Waals surface area contributed by atoms with E-state index in [-0.39, 0.29) is 51.0 Å². The van der Waals surface area contributed by atoms with Crippen molar-refractivity contribution >= 4 is 29.4 Å². The first kappa shape index (κ1) is 36.8. The van der Waals surface area contributed by atoms with Crippen LogP contribution in [0.2, 0.25) is 0 Å². The van der Waals surface area contributed by atoms with Crippen molar-refractivity contribution in [3.8, 4) is 5.75 Å². The Morgan fingerprint density at radius 3 is 2.50 bits per heavy atom. The minimum Gasteiger partial charge on any atom is -0.497 e. The Kier molecular flexibility index (Phi) is 12.1. The molecule has 12 nitrogen and oxygen atoms in total. The molecule has 2 N–H and O–H groups in total. The fourth-order valence-corrected chi connectivity index (χ4v) is 7.67. The van der Waals surface area contributed by atoms with Crippen LogP contribution < -0.4 is 15.0 Å². The smallest absolute Gasteiger partial charge is 0.313 e. The van der Waals surface area contributed by atoms with Gasteiger partial charge in [-0.1, -0.05) is 42.5 Å². The third-order valence-corrected chi connectivity index (χ3v) is 9.83. The van der Waals surface area contributed by atoms with Crippen LogP contribution in [0.25, 0.3) is 0 Å². The first-order chi connectivity index (χ1) is 24.2. The van der Waals surface area contributed by atoms with Gasteiger partial charge in [0.1, 0.15) is 23.5 Å². The molecule has 268 valence electrons. The van der Waals surface area contributed by atoms with Crippen LogP contribution in [-0.2, 0) is 33.4 Å². The molecule has 7 atom stereocenters. The van der Waals surface area contributed by atoms with Gasteiger partial charge in [0, 0.05) is 38.9 Å². The molecule has 0 radical (unpaired) electrons. The van der Waals surface area contributed by atoms with Gasteiger partial charge in [-0.05, 0) is 55.5 Å². The molecular weight excluding hydrogens is 642 g/mol. The number of esters is 1. The highest BCUT2D eigenvalue weighted by Gasteiger charge is 2.75. The molecule has 5 rings (SSSR count). The van der Waals surface area contributed by atoms with Gasteiger partial charge in [0.25, 0.3) is 5.91 Å². The number of ether oxygens (including phenoxy) is 4. The van der Waals surface area contributed by atoms with Gasteiger partial charge in [-0.25, -0.2) is 0 Å². The standard InChI is InChI=1S/C38H47N3O9/c1-5-7-14-30(43)39-28(24-47-3)33(25-12-9-8-10-13-25)49-37(46)31-29-19-20-38(50-29)32(31)35(44)41(22-11-23-42)34(38)36(45)40(21-6-2)26-15-17-27(48-4)18-16-26/h5-6,8-10,12-13,15-18,28-29,31-34,42H,1-2,7,11,14,19-24H2,3-4H3,(H,39,43)/t28-,29+,31-,32-,33-,34+,38-/m1/s1. The maximum atomic E-state index is 14.6. The summed E-state index contributed by atoms with van der Waals surface area (Å²) in [4.78, 5) is 59.3. The van der Waals surface area contributed by atoms with E-state index in [4.69, 9.17) is 18.9 Å². The Labute approximate surface area is 293 Å². The number of likely N-dealkylation sites (tertiary alicyclic amines) is 1. The topological polar surface area (TPSA) is 144 Å². The van der Waals surface area contributed by atoms with E-state index in [1.165, 1.54) is 12.0 Å². The molecule has 0 saturated carbocycles. The number of benzene rings is 2. The predicted molar refractivity (Wildman–Crippen MR) is 185 cm³/mol. The number of anilines is 1. The monoisotopic (exact) mass is 689 g/mol. The molecule has 2 aromatic rings. The second-order valence-electron chi connectivity index (χ2n) is 12.8. The molecule has 3 amide bonds. The van der Waals surface area contributed by atoms with Crippen LogP contribution in [0, 0.1) is 11.8 Å². The molecule has 2 aromatic carbocycles. The second-order valence-corrected chi connectivity index (χ2v) is 12.8. The maximum absolute atomic E-state index is 14.6. The highest BCUT2D eigenvalue weighted by molar-refractivity contribution is 6.04. The number of allylic oxidation sites excluding steroid dienone is 1. The molecule has 1 spiro atoms. The van der Waals surface area contributed by atoms with Gasteiger partial charge in [-0.2, -0.15) is 0 Å². The quantitative estimate of drug-likeness (QED) is 0.178. The third-order valence-electron chi connectivity index (χ3n) is 9.83. The number of nitrogens with one attached hydrogen (secondary N) is 1. The van der Waals surface area contributed by atoms with E-state index in [1.54, 1.807) is 60.6 Å². The number of rotatable bonds is 18. The van der Waals surface area contributed by atoms with Gasteiger partial charge in [0.2, 0.25) is 11.8 Å². The van der Waals surface area contributed by atoms with Crippen LogP contribution in [0.15, 0.2) is 79.9 Å². The van der Waals surface area contributed by atoms with Crippen molar-refractivity contribution in [2.45, 2.75) is 62.0 Å². The number of carbonyl (C=O) groups is 4. The highest BCUT2D eigenvalue weighted by Crippen LogP contribution is 2.59. The summed E-state index contributed by atoms with van der Waals surface area (Å²) >= 11 is 0. The lowest BCUT2D eigenvalue weighted by Gasteiger charge is -2.36. The Bertz CT molecular complexity index is 1530. The van der Waals surface area contributed by atoms with Crippen molar-refractivity contribution in [3.05, 3.63) is 85.5 Å². The number of hydrogen-bond donors (Lipinski definition) is 2. The molecule has 3 fully saturated rings. The van der Waals surface area contributed by atoms with Gasteiger partial charge in [-0.3, -0.25) is 19.2 Å². The van der Waals surface area contributed by atoms with E-state index >= 15 is 0 Å². The van der Waals surface area contributed by atoms with Crippen molar-refractivity contribution < 1.29 is 43.2 Å². The van der Waals surface area contributed by atoms with Gasteiger partial charge >= 0.3 is 5.97 Å². The highest BCUT2D eigenvalue weighted by atomic mass is 16.6. The van der Waals surface area contributed by atoms with Gasteiger partial charge < -0.3 is 39.2 Å². The van der Waals surface area contributed by atoms with Crippen molar-refractivity contribution in [2.75, 3.05) is 45.4 Å². The Balaban J connectivity index is 1.48. The lowest BCUT2D eigenvalue weighted by Crippen LogP contribution is -2.56. The van der Waals surface area contributed by atoms with Crippen LogP contribution in [0.4, 0.5) is 5.69 Å². The van der Waals surface area contributed by atoms with E-state index < -0.39 is 53.6 Å². The van der Waals surface area contributed by atoms with Crippen molar-refractivity contribution in [1.29, 1.82) is 0 Å². The lowest BCUT2D eigenvalue weighted by molar-refractivity contribution is -0.163. The molecule has 12 heteroatoms. The molecule has 3 aliphatic rings. The molecule has 50 heavy (non-hydrogen) atoms. The SMILES string of the molecule is C=CCCC(=O)N[C@H](COC)[C@H](OC(=O)[C@@H]1[C@@H]2CC[C@]3(O2)[C@H](C(=O)N(CC=C)c2ccc(OC)cc2)N(CCCO)C(=O)[C@@H]13)c1ccccc1. The van der Waals surface area contributed by atoms with Crippen molar-refractivity contribution in [3.63, 3.8) is 0 Å². The predicted octanol–water partition coefficient (Wildman–Crippen LogP) is 3.35. The van der Waals surface area contributed by atoms with Crippen LogP contribution in [0.3, 0.4) is 0 Å². The molecule has 0 unspecified atom stereocenters. The fraction of sp³-hybridized carbons (Fsp3) is 0.474. The molecule has 3 aliphatic heterocycles. The van der Waals surface area contributed by atoms with Crippen molar-refractivity contribution in [2.24, 2.45) is 11.8 Å². The first-order valence-corrected chi connectivity index (χ1v) is 17.0. The van der Waals surface area contributed by atoms with Crippen LogP contribution >= 0.6 is 0 Å². The molecule has 3 saturated heterocycles. The Hall–Kier alpha value is -4.52.